The van der Waals surface area contributed by atoms with Crippen LogP contribution in [0.2, 0.25) is 0 Å². The Bertz CT molecular complexity index is 688. The molecule has 0 unspecified atom stereocenters. The summed E-state index contributed by atoms with van der Waals surface area (Å²) in [6.45, 7) is 0. The molecule has 0 atom stereocenters. The highest BCUT2D eigenvalue weighted by Gasteiger charge is 2.12. The van der Waals surface area contributed by atoms with E-state index in [0.717, 1.165) is 0 Å². The van der Waals surface area contributed by atoms with Crippen LogP contribution in [0, 0.1) is 5.82 Å². The van der Waals surface area contributed by atoms with Crippen LogP contribution in [0.4, 0.5) is 10.1 Å². The summed E-state index contributed by atoms with van der Waals surface area (Å²) in [6.07, 6.45) is 0. The van der Waals surface area contributed by atoms with Crippen LogP contribution in [0.25, 0.3) is 0 Å². The number of halogens is 2. The normalized spacial score (nSPS) is 10.1. The van der Waals surface area contributed by atoms with Gasteiger partial charge in [0.05, 0.1) is 11.3 Å². The molecule has 102 valence electrons. The number of rotatable bonds is 3. The van der Waals surface area contributed by atoms with Gasteiger partial charge in [-0.1, -0.05) is 22.0 Å². The molecule has 4 nitrogen and oxygen atoms in total. The molecule has 1 amide bonds. The molecule has 0 bridgehead atoms. The van der Waals surface area contributed by atoms with Crippen molar-refractivity contribution < 1.29 is 19.1 Å². The second-order valence-electron chi connectivity index (χ2n) is 3.96. The zero-order valence-corrected chi connectivity index (χ0v) is 11.6. The van der Waals surface area contributed by atoms with Crippen molar-refractivity contribution >= 4 is 33.5 Å². The maximum absolute atomic E-state index is 13.5. The van der Waals surface area contributed by atoms with Crippen molar-refractivity contribution in [2.24, 2.45) is 0 Å². The molecule has 20 heavy (non-hydrogen) atoms. The second-order valence-corrected chi connectivity index (χ2v) is 4.88. The first-order valence-corrected chi connectivity index (χ1v) is 6.36. The summed E-state index contributed by atoms with van der Waals surface area (Å²) in [5, 5.41) is 11.3. The van der Waals surface area contributed by atoms with E-state index in [1.54, 1.807) is 0 Å². The van der Waals surface area contributed by atoms with E-state index < -0.39 is 17.7 Å². The van der Waals surface area contributed by atoms with Crippen LogP contribution in [0.1, 0.15) is 20.7 Å². The lowest BCUT2D eigenvalue weighted by molar-refractivity contribution is 0.0697. The number of carboxylic acids is 1. The first-order chi connectivity index (χ1) is 9.47. The Morgan fingerprint density at radius 1 is 1.10 bits per heavy atom. The van der Waals surface area contributed by atoms with E-state index in [0.29, 0.717) is 4.47 Å². The zero-order valence-electron chi connectivity index (χ0n) is 10.1. The lowest BCUT2D eigenvalue weighted by Crippen LogP contribution is -2.13. The zero-order chi connectivity index (χ0) is 14.7. The predicted molar refractivity (Wildman–Crippen MR) is 75.5 cm³/mol. The van der Waals surface area contributed by atoms with Crippen LogP contribution in [0.5, 0.6) is 0 Å². The minimum absolute atomic E-state index is 0.00707. The molecule has 2 aromatic carbocycles. The van der Waals surface area contributed by atoms with Gasteiger partial charge >= 0.3 is 5.97 Å². The number of nitrogens with one attached hydrogen (secondary N) is 1. The minimum Gasteiger partial charge on any atom is -0.478 e. The van der Waals surface area contributed by atoms with E-state index in [9.17, 15) is 14.0 Å². The van der Waals surface area contributed by atoms with Gasteiger partial charge in [0.1, 0.15) is 5.82 Å². The number of anilines is 1. The van der Waals surface area contributed by atoms with Crippen molar-refractivity contribution in [3.05, 3.63) is 63.9 Å². The third-order valence-electron chi connectivity index (χ3n) is 2.55. The summed E-state index contributed by atoms with van der Waals surface area (Å²) < 4.78 is 14.1. The molecule has 0 aliphatic heterocycles. The largest absolute Gasteiger partial charge is 0.478 e. The number of aromatic carboxylic acids is 1. The third kappa shape index (κ3) is 3.21. The Kier molecular flexibility index (Phi) is 4.14. The summed E-state index contributed by atoms with van der Waals surface area (Å²) in [7, 11) is 0. The maximum Gasteiger partial charge on any atom is 0.335 e. The third-order valence-corrected chi connectivity index (χ3v) is 3.04. The van der Waals surface area contributed by atoms with Gasteiger partial charge in [0.15, 0.2) is 0 Å². The topological polar surface area (TPSA) is 66.4 Å². The fourth-order valence-corrected chi connectivity index (χ4v) is 1.94. The molecule has 0 heterocycles. The van der Waals surface area contributed by atoms with Gasteiger partial charge in [0, 0.05) is 10.0 Å². The molecule has 0 radical (unpaired) electrons. The van der Waals surface area contributed by atoms with Crippen LogP contribution < -0.4 is 5.32 Å². The van der Waals surface area contributed by atoms with Crippen LogP contribution in [0.15, 0.2) is 46.9 Å². The molecule has 0 saturated heterocycles. The molecule has 0 spiro atoms. The Morgan fingerprint density at radius 2 is 1.80 bits per heavy atom. The van der Waals surface area contributed by atoms with Crippen LogP contribution in [-0.4, -0.2) is 17.0 Å². The summed E-state index contributed by atoms with van der Waals surface area (Å²) in [5.41, 5.74) is 0.154. The quantitative estimate of drug-likeness (QED) is 0.900. The monoisotopic (exact) mass is 337 g/mol. The number of hydrogen-bond donors (Lipinski definition) is 2. The number of amides is 1. The molecule has 2 aromatic rings. The summed E-state index contributed by atoms with van der Waals surface area (Å²) >= 11 is 3.18. The van der Waals surface area contributed by atoms with Gasteiger partial charge < -0.3 is 10.4 Å². The number of hydrogen-bond acceptors (Lipinski definition) is 2. The number of carbonyl (C=O) groups excluding carboxylic acids is 1. The van der Waals surface area contributed by atoms with E-state index >= 15 is 0 Å². The maximum atomic E-state index is 13.5. The van der Waals surface area contributed by atoms with Crippen LogP contribution >= 0.6 is 15.9 Å². The molecule has 2 rings (SSSR count). The van der Waals surface area contributed by atoms with Gasteiger partial charge in [-0.05, 0) is 36.4 Å². The Hall–Kier alpha value is -2.21. The summed E-state index contributed by atoms with van der Waals surface area (Å²) in [5.74, 6) is -2.28. The van der Waals surface area contributed by atoms with E-state index in [2.05, 4.69) is 21.2 Å². The predicted octanol–water partition coefficient (Wildman–Crippen LogP) is 3.54. The van der Waals surface area contributed by atoms with Crippen LogP contribution in [0.3, 0.4) is 0 Å². The average molecular weight is 338 g/mol. The van der Waals surface area contributed by atoms with E-state index in [-0.39, 0.29) is 16.8 Å². The van der Waals surface area contributed by atoms with Gasteiger partial charge in [-0.3, -0.25) is 4.79 Å². The molecule has 0 fully saturated rings. The highest BCUT2D eigenvalue weighted by Crippen LogP contribution is 2.20. The van der Waals surface area contributed by atoms with E-state index in [4.69, 9.17) is 5.11 Å². The van der Waals surface area contributed by atoms with Crippen molar-refractivity contribution in [3.8, 4) is 0 Å². The van der Waals surface area contributed by atoms with E-state index in [1.807, 2.05) is 0 Å². The lowest BCUT2D eigenvalue weighted by atomic mass is 10.1. The van der Waals surface area contributed by atoms with E-state index in [1.165, 1.54) is 42.5 Å². The standard InChI is InChI=1S/C14H9BrFNO3/c15-10-4-5-11(16)12(7-10)17-13(18)8-2-1-3-9(6-8)14(19)20/h1-7H,(H,17,18)(H,19,20). The highest BCUT2D eigenvalue weighted by atomic mass is 79.9. The molecule has 2 N–H and O–H groups in total. The van der Waals surface area contributed by atoms with Gasteiger partial charge in [0.2, 0.25) is 0 Å². The number of benzene rings is 2. The molecule has 0 aliphatic rings. The average Bonchev–Trinajstić information content (AvgIpc) is 2.43. The number of carboxylic acid groups (broad SMARTS) is 1. The van der Waals surface area contributed by atoms with Gasteiger partial charge in [0.25, 0.3) is 5.91 Å². The van der Waals surface area contributed by atoms with Gasteiger partial charge in [-0.2, -0.15) is 0 Å². The van der Waals surface area contributed by atoms with Gasteiger partial charge in [-0.15, -0.1) is 0 Å². The molecular weight excluding hydrogens is 329 g/mol. The molecule has 0 aromatic heterocycles. The SMILES string of the molecule is O=C(O)c1cccc(C(=O)Nc2cc(Br)ccc2F)c1. The van der Waals surface area contributed by atoms with Crippen molar-refractivity contribution in [3.63, 3.8) is 0 Å². The van der Waals surface area contributed by atoms with Crippen molar-refractivity contribution in [1.82, 2.24) is 0 Å². The minimum atomic E-state index is -1.13. The summed E-state index contributed by atoms with van der Waals surface area (Å²) in [6, 6.07) is 9.66. The Balaban J connectivity index is 2.26. The fraction of sp³-hybridized carbons (Fsp3) is 0. The van der Waals surface area contributed by atoms with Crippen molar-refractivity contribution in [2.45, 2.75) is 0 Å². The number of carbonyl (C=O) groups is 2. The molecular formula is C14H9BrFNO3. The summed E-state index contributed by atoms with van der Waals surface area (Å²) in [4.78, 5) is 22.8. The van der Waals surface area contributed by atoms with Crippen LogP contribution in [-0.2, 0) is 0 Å². The molecule has 0 aliphatic carbocycles. The lowest BCUT2D eigenvalue weighted by Gasteiger charge is -2.07. The fourth-order valence-electron chi connectivity index (χ4n) is 1.58. The second kappa shape index (κ2) is 5.83. The highest BCUT2D eigenvalue weighted by molar-refractivity contribution is 9.10. The molecule has 0 saturated carbocycles. The van der Waals surface area contributed by atoms with Gasteiger partial charge in [-0.25, -0.2) is 9.18 Å². The van der Waals surface area contributed by atoms with Crippen molar-refractivity contribution in [1.29, 1.82) is 0 Å². The smallest absolute Gasteiger partial charge is 0.335 e. The first-order valence-electron chi connectivity index (χ1n) is 5.57. The Labute approximate surface area is 122 Å². The first kappa shape index (κ1) is 14.2. The molecule has 6 heteroatoms. The van der Waals surface area contributed by atoms with Crippen molar-refractivity contribution in [2.75, 3.05) is 5.32 Å². The Morgan fingerprint density at radius 3 is 2.50 bits per heavy atom.